The molecule has 0 bridgehead atoms. The van der Waals surface area contributed by atoms with Gasteiger partial charge in [0.1, 0.15) is 11.5 Å². The van der Waals surface area contributed by atoms with Crippen LogP contribution in [0.4, 0.5) is 5.69 Å². The van der Waals surface area contributed by atoms with Gasteiger partial charge in [0.05, 0.1) is 27.2 Å². The first-order chi connectivity index (χ1) is 14.9. The predicted molar refractivity (Wildman–Crippen MR) is 121 cm³/mol. The summed E-state index contributed by atoms with van der Waals surface area (Å²) < 4.78 is 10.6. The van der Waals surface area contributed by atoms with E-state index in [0.717, 1.165) is 22.4 Å². The van der Waals surface area contributed by atoms with Gasteiger partial charge in [-0.15, -0.1) is 0 Å². The number of carbonyl (C=O) groups excluding carboxylic acids is 2. The molecule has 1 N–H and O–H groups in total. The van der Waals surface area contributed by atoms with Crippen molar-refractivity contribution < 1.29 is 19.1 Å². The molecule has 0 unspecified atom stereocenters. The van der Waals surface area contributed by atoms with E-state index in [1.807, 2.05) is 49.1 Å². The summed E-state index contributed by atoms with van der Waals surface area (Å²) in [6.07, 6.45) is 0.278. The quantitative estimate of drug-likeness (QED) is 0.739. The Morgan fingerprint density at radius 2 is 1.65 bits per heavy atom. The normalized spacial score (nSPS) is 14.3. The second-order valence-corrected chi connectivity index (χ2v) is 7.83. The Labute approximate surface area is 183 Å². The molecular weight excluding hydrogens is 394 g/mol. The van der Waals surface area contributed by atoms with Gasteiger partial charge in [-0.05, 0) is 31.0 Å². The number of ether oxygens (including phenoxy) is 2. The van der Waals surface area contributed by atoms with Crippen LogP contribution in [0, 0.1) is 13.8 Å². The van der Waals surface area contributed by atoms with E-state index in [1.54, 1.807) is 20.3 Å². The van der Waals surface area contributed by atoms with Crippen LogP contribution < -0.4 is 14.8 Å². The molecule has 2 aromatic rings. The number of aryl methyl sites for hydroxylation is 2. The molecule has 0 aliphatic carbocycles. The number of carbonyl (C=O) groups is 2. The molecule has 31 heavy (non-hydrogen) atoms. The van der Waals surface area contributed by atoms with Crippen LogP contribution in [0.2, 0.25) is 0 Å². The van der Waals surface area contributed by atoms with Crippen molar-refractivity contribution in [1.29, 1.82) is 0 Å². The molecule has 1 aliphatic heterocycles. The number of methoxy groups -OCH3 is 2. The van der Waals surface area contributed by atoms with Gasteiger partial charge < -0.3 is 19.7 Å². The highest BCUT2D eigenvalue weighted by atomic mass is 16.5. The third-order valence-corrected chi connectivity index (χ3v) is 5.67. The van der Waals surface area contributed by atoms with Crippen LogP contribution in [0.15, 0.2) is 36.4 Å². The van der Waals surface area contributed by atoms with Gasteiger partial charge in [0, 0.05) is 43.5 Å². The summed E-state index contributed by atoms with van der Waals surface area (Å²) in [5, 5.41) is 3.03. The molecule has 166 valence electrons. The lowest BCUT2D eigenvalue weighted by atomic mass is 10.1. The Morgan fingerprint density at radius 1 is 0.968 bits per heavy atom. The van der Waals surface area contributed by atoms with Crippen molar-refractivity contribution >= 4 is 17.5 Å². The minimum atomic E-state index is -0.0276. The zero-order valence-corrected chi connectivity index (χ0v) is 18.7. The summed E-state index contributed by atoms with van der Waals surface area (Å²) >= 11 is 0. The average molecular weight is 426 g/mol. The molecule has 7 nitrogen and oxygen atoms in total. The topological polar surface area (TPSA) is 71.1 Å². The number of anilines is 1. The Hall–Kier alpha value is -3.06. The molecule has 1 saturated heterocycles. The van der Waals surface area contributed by atoms with Crippen molar-refractivity contribution in [3.05, 3.63) is 53.1 Å². The Balaban J connectivity index is 1.50. The molecular formula is C24H31N3O4. The molecule has 0 spiro atoms. The van der Waals surface area contributed by atoms with Gasteiger partial charge >= 0.3 is 0 Å². The number of hydrogen-bond donors (Lipinski definition) is 1. The summed E-state index contributed by atoms with van der Waals surface area (Å²) in [7, 11) is 3.19. The van der Waals surface area contributed by atoms with E-state index in [1.165, 1.54) is 0 Å². The zero-order valence-electron chi connectivity index (χ0n) is 18.7. The van der Waals surface area contributed by atoms with Gasteiger partial charge in [0.2, 0.25) is 11.8 Å². The molecule has 1 aliphatic rings. The van der Waals surface area contributed by atoms with Gasteiger partial charge in [0.25, 0.3) is 0 Å². The zero-order chi connectivity index (χ0) is 22.4. The van der Waals surface area contributed by atoms with Crippen LogP contribution in [0.25, 0.3) is 0 Å². The van der Waals surface area contributed by atoms with Gasteiger partial charge in [-0.3, -0.25) is 14.5 Å². The van der Waals surface area contributed by atoms with E-state index in [-0.39, 0.29) is 18.2 Å². The lowest BCUT2D eigenvalue weighted by molar-refractivity contribution is -0.132. The molecule has 0 radical (unpaired) electrons. The number of nitrogens with one attached hydrogen (secondary N) is 1. The first-order valence-corrected chi connectivity index (χ1v) is 10.5. The summed E-state index contributed by atoms with van der Waals surface area (Å²) in [5.74, 6) is 1.37. The SMILES string of the molecule is COc1ccc(CC(=O)N2CCN(CC(=O)Nc3c(C)cccc3C)CC2)c(OC)c1. The van der Waals surface area contributed by atoms with Crippen LogP contribution >= 0.6 is 0 Å². The van der Waals surface area contributed by atoms with Crippen LogP contribution in [-0.4, -0.2) is 68.6 Å². The Bertz CT molecular complexity index is 916. The highest BCUT2D eigenvalue weighted by Gasteiger charge is 2.23. The number of amides is 2. The van der Waals surface area contributed by atoms with Gasteiger partial charge in [-0.1, -0.05) is 24.3 Å². The van der Waals surface area contributed by atoms with Crippen molar-refractivity contribution in [2.45, 2.75) is 20.3 Å². The van der Waals surface area contributed by atoms with Crippen molar-refractivity contribution in [2.75, 3.05) is 52.3 Å². The van der Waals surface area contributed by atoms with Crippen molar-refractivity contribution in [3.8, 4) is 11.5 Å². The van der Waals surface area contributed by atoms with Crippen LogP contribution in [0.5, 0.6) is 11.5 Å². The van der Waals surface area contributed by atoms with Crippen molar-refractivity contribution in [3.63, 3.8) is 0 Å². The smallest absolute Gasteiger partial charge is 0.238 e. The highest BCUT2D eigenvalue weighted by Crippen LogP contribution is 2.25. The predicted octanol–water partition coefficient (Wildman–Crippen LogP) is 2.65. The maximum Gasteiger partial charge on any atom is 0.238 e. The maximum absolute atomic E-state index is 12.8. The van der Waals surface area contributed by atoms with Crippen LogP contribution in [0.1, 0.15) is 16.7 Å². The first-order valence-electron chi connectivity index (χ1n) is 10.5. The summed E-state index contributed by atoms with van der Waals surface area (Å²) in [6.45, 7) is 6.86. The monoisotopic (exact) mass is 425 g/mol. The van der Waals surface area contributed by atoms with E-state index in [9.17, 15) is 9.59 Å². The summed E-state index contributed by atoms with van der Waals surface area (Å²) in [4.78, 5) is 29.2. The second kappa shape index (κ2) is 10.3. The molecule has 2 amide bonds. The number of piperazine rings is 1. The summed E-state index contributed by atoms with van der Waals surface area (Å²) in [6, 6.07) is 11.4. The minimum Gasteiger partial charge on any atom is -0.497 e. The molecule has 2 aromatic carbocycles. The second-order valence-electron chi connectivity index (χ2n) is 7.83. The van der Waals surface area contributed by atoms with Gasteiger partial charge in [0.15, 0.2) is 0 Å². The number of benzene rings is 2. The molecule has 0 aromatic heterocycles. The molecule has 0 saturated carbocycles. The Kier molecular flexibility index (Phi) is 7.52. The maximum atomic E-state index is 12.8. The largest absolute Gasteiger partial charge is 0.497 e. The third kappa shape index (κ3) is 5.76. The molecule has 0 atom stereocenters. The fourth-order valence-corrected chi connectivity index (χ4v) is 3.82. The Morgan fingerprint density at radius 3 is 2.26 bits per heavy atom. The third-order valence-electron chi connectivity index (χ3n) is 5.67. The number of para-hydroxylation sites is 1. The van der Waals surface area contributed by atoms with Gasteiger partial charge in [-0.25, -0.2) is 0 Å². The number of hydrogen-bond acceptors (Lipinski definition) is 5. The molecule has 3 rings (SSSR count). The van der Waals surface area contributed by atoms with Crippen LogP contribution in [0.3, 0.4) is 0 Å². The number of nitrogens with zero attached hydrogens (tertiary/aromatic N) is 2. The minimum absolute atomic E-state index is 0.0276. The van der Waals surface area contributed by atoms with Crippen LogP contribution in [-0.2, 0) is 16.0 Å². The fraction of sp³-hybridized carbons (Fsp3) is 0.417. The lowest BCUT2D eigenvalue weighted by Crippen LogP contribution is -2.50. The van der Waals surface area contributed by atoms with E-state index in [0.29, 0.717) is 44.2 Å². The van der Waals surface area contributed by atoms with Crippen molar-refractivity contribution in [2.24, 2.45) is 0 Å². The molecule has 1 heterocycles. The van der Waals surface area contributed by atoms with E-state index in [4.69, 9.17) is 9.47 Å². The fourth-order valence-electron chi connectivity index (χ4n) is 3.82. The number of rotatable bonds is 7. The van der Waals surface area contributed by atoms with E-state index < -0.39 is 0 Å². The average Bonchev–Trinajstić information content (AvgIpc) is 2.77. The lowest BCUT2D eigenvalue weighted by Gasteiger charge is -2.34. The molecule has 7 heteroatoms. The van der Waals surface area contributed by atoms with Crippen molar-refractivity contribution in [1.82, 2.24) is 9.80 Å². The van der Waals surface area contributed by atoms with Gasteiger partial charge in [-0.2, -0.15) is 0 Å². The summed E-state index contributed by atoms with van der Waals surface area (Å²) in [5.41, 5.74) is 3.83. The highest BCUT2D eigenvalue weighted by molar-refractivity contribution is 5.93. The van der Waals surface area contributed by atoms with E-state index in [2.05, 4.69) is 10.2 Å². The van der Waals surface area contributed by atoms with E-state index >= 15 is 0 Å². The first kappa shape index (κ1) is 22.6. The molecule has 1 fully saturated rings. The standard InChI is InChI=1S/C24H31N3O4/c1-17-6-5-7-18(2)24(17)25-22(28)16-26-10-12-27(13-11-26)23(29)14-19-8-9-20(30-3)15-21(19)31-4/h5-9,15H,10-14,16H2,1-4H3,(H,25,28).